The lowest BCUT2D eigenvalue weighted by atomic mass is 9.92. The van der Waals surface area contributed by atoms with Gasteiger partial charge in [-0.05, 0) is 56.4 Å². The summed E-state index contributed by atoms with van der Waals surface area (Å²) in [6, 6.07) is 13.2. The largest absolute Gasteiger partial charge is 0.379 e. The van der Waals surface area contributed by atoms with Crippen LogP contribution < -0.4 is 0 Å². The van der Waals surface area contributed by atoms with E-state index < -0.39 is 0 Å². The quantitative estimate of drug-likeness (QED) is 0.763. The monoisotopic (exact) mass is 407 g/mol. The molecule has 1 amide bonds. The van der Waals surface area contributed by atoms with Crippen LogP contribution in [0.1, 0.15) is 46.8 Å². The van der Waals surface area contributed by atoms with Gasteiger partial charge < -0.3 is 9.64 Å². The number of likely N-dealkylation sites (tertiary alicyclic amines) is 1. The zero-order valence-electron chi connectivity index (χ0n) is 18.3. The second-order valence-electron chi connectivity index (χ2n) is 8.77. The molecular weight excluding hydrogens is 374 g/mol. The molecule has 0 radical (unpaired) electrons. The van der Waals surface area contributed by atoms with E-state index in [0.717, 1.165) is 70.0 Å². The van der Waals surface area contributed by atoms with Gasteiger partial charge in [-0.15, -0.1) is 0 Å². The molecule has 0 spiro atoms. The molecule has 30 heavy (non-hydrogen) atoms. The Balaban J connectivity index is 1.43. The number of hydrogen-bond donors (Lipinski definition) is 0. The first-order chi connectivity index (χ1) is 14.6. The van der Waals surface area contributed by atoms with E-state index in [1.807, 2.05) is 4.90 Å². The molecule has 2 aliphatic heterocycles. The fourth-order valence-electron chi connectivity index (χ4n) is 4.63. The van der Waals surface area contributed by atoms with Gasteiger partial charge in [0.25, 0.3) is 0 Å². The van der Waals surface area contributed by atoms with E-state index >= 15 is 0 Å². The average Bonchev–Trinajstić information content (AvgIpc) is 2.74. The summed E-state index contributed by atoms with van der Waals surface area (Å²) in [5.74, 6) is 0.567. The lowest BCUT2D eigenvalue weighted by Crippen LogP contribution is -2.47. The predicted molar refractivity (Wildman–Crippen MR) is 119 cm³/mol. The Bertz CT molecular complexity index is 876. The van der Waals surface area contributed by atoms with Crippen LogP contribution in [0.4, 0.5) is 0 Å². The molecule has 1 atom stereocenters. The fraction of sp³-hybridized carbons (Fsp3) is 0.520. The molecule has 0 N–H and O–H groups in total. The number of ether oxygens (including phenoxy) is 1. The Labute approximate surface area is 180 Å². The number of aromatic nitrogens is 1. The molecule has 2 aromatic rings. The molecule has 2 fully saturated rings. The van der Waals surface area contributed by atoms with Gasteiger partial charge in [-0.3, -0.25) is 14.7 Å². The molecule has 0 bridgehead atoms. The molecule has 1 aromatic carbocycles. The van der Waals surface area contributed by atoms with Crippen LogP contribution in [-0.4, -0.2) is 66.6 Å². The van der Waals surface area contributed by atoms with Gasteiger partial charge in [-0.25, -0.2) is 0 Å². The number of benzene rings is 1. The average molecular weight is 408 g/mol. The molecule has 0 unspecified atom stereocenters. The highest BCUT2D eigenvalue weighted by atomic mass is 16.5. The van der Waals surface area contributed by atoms with Gasteiger partial charge in [0, 0.05) is 43.5 Å². The molecule has 0 saturated carbocycles. The summed E-state index contributed by atoms with van der Waals surface area (Å²) in [4.78, 5) is 22.0. The van der Waals surface area contributed by atoms with Crippen molar-refractivity contribution in [2.45, 2.75) is 39.0 Å². The van der Waals surface area contributed by atoms with Crippen molar-refractivity contribution in [3.05, 3.63) is 64.5 Å². The summed E-state index contributed by atoms with van der Waals surface area (Å²) in [5, 5.41) is 0. The number of rotatable bonds is 5. The summed E-state index contributed by atoms with van der Waals surface area (Å²) in [7, 11) is 0. The number of pyridine rings is 1. The van der Waals surface area contributed by atoms with Gasteiger partial charge in [-0.2, -0.15) is 0 Å². The minimum absolute atomic E-state index is 0.245. The van der Waals surface area contributed by atoms with Crippen LogP contribution >= 0.6 is 0 Å². The maximum atomic E-state index is 12.9. The summed E-state index contributed by atoms with van der Waals surface area (Å²) < 4.78 is 5.40. The Morgan fingerprint density at radius 2 is 1.93 bits per heavy atom. The minimum Gasteiger partial charge on any atom is -0.379 e. The highest BCUT2D eigenvalue weighted by Gasteiger charge is 2.27. The zero-order valence-corrected chi connectivity index (χ0v) is 18.3. The molecule has 5 heteroatoms. The summed E-state index contributed by atoms with van der Waals surface area (Å²) in [6.45, 7) is 9.53. The second-order valence-corrected chi connectivity index (χ2v) is 8.77. The number of nitrogens with zero attached hydrogens (tertiary/aromatic N) is 3. The Hall–Kier alpha value is -2.24. The van der Waals surface area contributed by atoms with Crippen LogP contribution in [0.15, 0.2) is 36.4 Å². The van der Waals surface area contributed by atoms with Gasteiger partial charge in [0.15, 0.2) is 0 Å². The van der Waals surface area contributed by atoms with Crippen molar-refractivity contribution in [1.82, 2.24) is 14.8 Å². The Morgan fingerprint density at radius 1 is 1.10 bits per heavy atom. The van der Waals surface area contributed by atoms with E-state index in [9.17, 15) is 4.79 Å². The number of hydrogen-bond acceptors (Lipinski definition) is 4. The standard InChI is InChI=1S/C25H33N3O2/c1-19-5-3-6-21(13-19)15-22-14-20(2)26-24(16-22)23-7-4-8-28(17-23)25(29)18-27-9-11-30-12-10-27/h3,5-6,13-14,16,23H,4,7-12,15,17-18H2,1-2H3/t23-/m1/s1. The van der Waals surface area contributed by atoms with Crippen molar-refractivity contribution in [3.63, 3.8) is 0 Å². The van der Waals surface area contributed by atoms with Gasteiger partial charge in [0.1, 0.15) is 0 Å². The molecule has 160 valence electrons. The third-order valence-electron chi connectivity index (χ3n) is 6.18. The van der Waals surface area contributed by atoms with Crippen molar-refractivity contribution in [2.24, 2.45) is 0 Å². The van der Waals surface area contributed by atoms with E-state index in [1.54, 1.807) is 0 Å². The van der Waals surface area contributed by atoms with Gasteiger partial charge in [-0.1, -0.05) is 29.8 Å². The van der Waals surface area contributed by atoms with Crippen LogP contribution in [0, 0.1) is 13.8 Å². The van der Waals surface area contributed by atoms with E-state index in [4.69, 9.17) is 9.72 Å². The fourth-order valence-corrected chi connectivity index (χ4v) is 4.63. The van der Waals surface area contributed by atoms with E-state index in [0.29, 0.717) is 12.5 Å². The maximum Gasteiger partial charge on any atom is 0.236 e. The molecule has 3 heterocycles. The molecular formula is C25H33N3O2. The number of carbonyl (C=O) groups is 1. The lowest BCUT2D eigenvalue weighted by molar-refractivity contribution is -0.134. The van der Waals surface area contributed by atoms with Crippen molar-refractivity contribution in [3.8, 4) is 0 Å². The number of carbonyl (C=O) groups excluding carboxylic acids is 1. The number of aryl methyl sites for hydroxylation is 2. The highest BCUT2D eigenvalue weighted by Crippen LogP contribution is 2.27. The molecule has 4 rings (SSSR count). The Morgan fingerprint density at radius 3 is 2.73 bits per heavy atom. The van der Waals surface area contributed by atoms with Crippen LogP contribution in [0.5, 0.6) is 0 Å². The third kappa shape index (κ3) is 5.46. The predicted octanol–water partition coefficient (Wildman–Crippen LogP) is 3.33. The van der Waals surface area contributed by atoms with Crippen LogP contribution in [0.3, 0.4) is 0 Å². The highest BCUT2D eigenvalue weighted by molar-refractivity contribution is 5.78. The molecule has 2 saturated heterocycles. The first-order valence-electron chi connectivity index (χ1n) is 11.2. The van der Waals surface area contributed by atoms with Crippen LogP contribution in [0.2, 0.25) is 0 Å². The smallest absolute Gasteiger partial charge is 0.236 e. The summed E-state index contributed by atoms with van der Waals surface area (Å²) in [5.41, 5.74) is 6.13. The molecule has 2 aliphatic rings. The molecule has 0 aliphatic carbocycles. The van der Waals surface area contributed by atoms with Gasteiger partial charge >= 0.3 is 0 Å². The second kappa shape index (κ2) is 9.71. The lowest BCUT2D eigenvalue weighted by Gasteiger charge is -2.35. The van der Waals surface area contributed by atoms with Crippen LogP contribution in [0.25, 0.3) is 0 Å². The van der Waals surface area contributed by atoms with Crippen molar-refractivity contribution in [1.29, 1.82) is 0 Å². The first kappa shape index (κ1) is 21.0. The van der Waals surface area contributed by atoms with Crippen molar-refractivity contribution < 1.29 is 9.53 Å². The Kier molecular flexibility index (Phi) is 6.80. The summed E-state index contributed by atoms with van der Waals surface area (Å²) in [6.07, 6.45) is 3.06. The van der Waals surface area contributed by atoms with Crippen molar-refractivity contribution >= 4 is 5.91 Å². The van der Waals surface area contributed by atoms with Gasteiger partial charge in [0.05, 0.1) is 19.8 Å². The summed E-state index contributed by atoms with van der Waals surface area (Å²) >= 11 is 0. The number of piperidine rings is 1. The topological polar surface area (TPSA) is 45.7 Å². The van der Waals surface area contributed by atoms with E-state index in [2.05, 4.69) is 55.1 Å². The molecule has 1 aromatic heterocycles. The minimum atomic E-state index is 0.245. The SMILES string of the molecule is Cc1cccc(Cc2cc(C)nc([C@@H]3CCCN(C(=O)CN4CCOCC4)C3)c2)c1. The zero-order chi connectivity index (χ0) is 20.9. The van der Waals surface area contributed by atoms with Crippen LogP contribution in [-0.2, 0) is 16.0 Å². The number of morpholine rings is 1. The van der Waals surface area contributed by atoms with E-state index in [-0.39, 0.29) is 5.91 Å². The molecule has 5 nitrogen and oxygen atoms in total. The van der Waals surface area contributed by atoms with Gasteiger partial charge in [0.2, 0.25) is 5.91 Å². The third-order valence-corrected chi connectivity index (χ3v) is 6.18. The van der Waals surface area contributed by atoms with E-state index in [1.165, 1.54) is 16.7 Å². The first-order valence-corrected chi connectivity index (χ1v) is 11.2. The maximum absolute atomic E-state index is 12.9. The van der Waals surface area contributed by atoms with Crippen molar-refractivity contribution in [2.75, 3.05) is 45.9 Å². The number of amides is 1. The normalized spacial score (nSPS) is 20.3.